The fraction of sp³-hybridized carbons (Fsp3) is 0.182. The molecule has 1 atom stereocenters. The summed E-state index contributed by atoms with van der Waals surface area (Å²) in [7, 11) is 3.89. The van der Waals surface area contributed by atoms with Crippen LogP contribution in [0.1, 0.15) is 33.9 Å². The Balaban J connectivity index is 1.48. The highest BCUT2D eigenvalue weighted by atomic mass is 16.5. The van der Waals surface area contributed by atoms with Crippen LogP contribution in [0.2, 0.25) is 0 Å². The van der Waals surface area contributed by atoms with E-state index < -0.39 is 17.7 Å². The number of Topliss-reactive ketones (excluding diaryl/α,β-unsaturated/α-hetero) is 1. The number of hydrogen-bond donors (Lipinski definition) is 1. The molecule has 1 fully saturated rings. The van der Waals surface area contributed by atoms with Crippen LogP contribution >= 0.6 is 0 Å². The summed E-state index contributed by atoms with van der Waals surface area (Å²) in [5.41, 5.74) is 5.26. The van der Waals surface area contributed by atoms with Gasteiger partial charge in [-0.2, -0.15) is 0 Å². The molecule has 1 aromatic heterocycles. The predicted octanol–water partition coefficient (Wildman–Crippen LogP) is 5.66. The molecule has 1 amide bonds. The SMILES string of the molecule is Cc1cccc(COc2ccc(/C(O)=C3\C(=O)C(=O)N(Cc4ccncc4)[C@H]3c3ccc(N(C)C)cc3)cc2)c1. The highest BCUT2D eigenvalue weighted by Crippen LogP contribution is 2.40. The molecule has 3 aromatic carbocycles. The molecule has 0 unspecified atom stereocenters. The lowest BCUT2D eigenvalue weighted by Gasteiger charge is -2.26. The molecule has 0 bridgehead atoms. The van der Waals surface area contributed by atoms with Gasteiger partial charge in [0.1, 0.15) is 18.1 Å². The van der Waals surface area contributed by atoms with Crippen LogP contribution in [0.5, 0.6) is 5.75 Å². The quantitative estimate of drug-likeness (QED) is 0.179. The van der Waals surface area contributed by atoms with Gasteiger partial charge in [0, 0.05) is 44.3 Å². The average molecular weight is 534 g/mol. The van der Waals surface area contributed by atoms with E-state index in [4.69, 9.17) is 4.74 Å². The normalized spacial score (nSPS) is 16.3. The van der Waals surface area contributed by atoms with Crippen LogP contribution in [0.4, 0.5) is 5.69 Å². The summed E-state index contributed by atoms with van der Waals surface area (Å²) in [6, 6.07) is 25.5. The van der Waals surface area contributed by atoms with Crippen LogP contribution in [-0.2, 0) is 22.7 Å². The second kappa shape index (κ2) is 11.5. The number of anilines is 1. The maximum absolute atomic E-state index is 13.4. The summed E-state index contributed by atoms with van der Waals surface area (Å²) < 4.78 is 5.91. The predicted molar refractivity (Wildman–Crippen MR) is 155 cm³/mol. The fourth-order valence-corrected chi connectivity index (χ4v) is 4.86. The standard InChI is InChI=1S/C33H31N3O4/c1-22-5-4-6-24(19-22)21-40-28-13-9-26(10-14-28)31(37)29-30(25-7-11-27(12-8-25)35(2)3)36(33(39)32(29)38)20-23-15-17-34-18-16-23/h4-19,30,37H,20-21H2,1-3H3/b31-29+/t30-/m0/s1. The van der Waals surface area contributed by atoms with Crippen molar-refractivity contribution in [1.82, 2.24) is 9.88 Å². The Morgan fingerprint density at radius 3 is 2.27 bits per heavy atom. The van der Waals surface area contributed by atoms with Gasteiger partial charge in [0.15, 0.2) is 0 Å². The monoisotopic (exact) mass is 533 g/mol. The Labute approximate surface area is 234 Å². The van der Waals surface area contributed by atoms with E-state index in [0.29, 0.717) is 17.9 Å². The fourth-order valence-electron chi connectivity index (χ4n) is 4.86. The Morgan fingerprint density at radius 2 is 1.62 bits per heavy atom. The molecule has 1 aliphatic heterocycles. The summed E-state index contributed by atoms with van der Waals surface area (Å²) in [4.78, 5) is 34.2. The van der Waals surface area contributed by atoms with Crippen molar-refractivity contribution in [1.29, 1.82) is 0 Å². The number of rotatable bonds is 8. The Hall–Kier alpha value is -4.91. The molecule has 2 heterocycles. The number of ether oxygens (including phenoxy) is 1. The zero-order chi connectivity index (χ0) is 28.2. The van der Waals surface area contributed by atoms with Crippen LogP contribution in [0.15, 0.2) is 103 Å². The summed E-state index contributed by atoms with van der Waals surface area (Å²) in [6.45, 7) is 2.65. The number of aryl methyl sites for hydroxylation is 1. The van der Waals surface area contributed by atoms with Gasteiger partial charge in [0.25, 0.3) is 11.7 Å². The lowest BCUT2D eigenvalue weighted by atomic mass is 9.95. The molecule has 1 N–H and O–H groups in total. The Morgan fingerprint density at radius 1 is 0.925 bits per heavy atom. The second-order valence-corrected chi connectivity index (χ2v) is 10.1. The number of benzene rings is 3. The first-order valence-electron chi connectivity index (χ1n) is 13.0. The molecule has 40 heavy (non-hydrogen) atoms. The van der Waals surface area contributed by atoms with E-state index in [-0.39, 0.29) is 17.9 Å². The van der Waals surface area contributed by atoms with Gasteiger partial charge in [0.2, 0.25) is 0 Å². The third kappa shape index (κ3) is 5.59. The summed E-state index contributed by atoms with van der Waals surface area (Å²) in [5, 5.41) is 11.4. The number of pyridine rings is 1. The first-order valence-corrected chi connectivity index (χ1v) is 13.0. The number of likely N-dealkylation sites (tertiary alicyclic amines) is 1. The van der Waals surface area contributed by atoms with Gasteiger partial charge in [0.05, 0.1) is 11.6 Å². The number of nitrogens with zero attached hydrogens (tertiary/aromatic N) is 3. The minimum atomic E-state index is -0.748. The van der Waals surface area contributed by atoms with Crippen molar-refractivity contribution in [2.24, 2.45) is 0 Å². The number of hydrogen-bond acceptors (Lipinski definition) is 6. The number of aromatic nitrogens is 1. The number of carbonyl (C=O) groups is 2. The van der Waals surface area contributed by atoms with E-state index in [1.54, 1.807) is 48.8 Å². The molecule has 0 saturated carbocycles. The van der Waals surface area contributed by atoms with Crippen LogP contribution in [0.3, 0.4) is 0 Å². The number of aliphatic hydroxyl groups excluding tert-OH is 1. The summed E-state index contributed by atoms with van der Waals surface area (Å²) in [6.07, 6.45) is 3.30. The highest BCUT2D eigenvalue weighted by molar-refractivity contribution is 6.46. The van der Waals surface area contributed by atoms with Crippen molar-refractivity contribution in [2.45, 2.75) is 26.1 Å². The lowest BCUT2D eigenvalue weighted by Crippen LogP contribution is -2.29. The van der Waals surface area contributed by atoms with Gasteiger partial charge in [-0.15, -0.1) is 0 Å². The Bertz CT molecular complexity index is 1550. The maximum atomic E-state index is 13.4. The van der Waals surface area contributed by atoms with Crippen molar-refractivity contribution >= 4 is 23.1 Å². The van der Waals surface area contributed by atoms with Gasteiger partial charge in [-0.25, -0.2) is 0 Å². The van der Waals surface area contributed by atoms with Crippen molar-refractivity contribution in [3.8, 4) is 5.75 Å². The lowest BCUT2D eigenvalue weighted by molar-refractivity contribution is -0.140. The zero-order valence-corrected chi connectivity index (χ0v) is 22.7. The van der Waals surface area contributed by atoms with Gasteiger partial charge in [-0.05, 0) is 72.1 Å². The van der Waals surface area contributed by atoms with E-state index in [9.17, 15) is 14.7 Å². The first-order chi connectivity index (χ1) is 19.3. The summed E-state index contributed by atoms with van der Waals surface area (Å²) in [5.74, 6) is -0.958. The zero-order valence-electron chi connectivity index (χ0n) is 22.7. The first kappa shape index (κ1) is 26.7. The average Bonchev–Trinajstić information content (AvgIpc) is 3.21. The number of amides is 1. The number of ketones is 1. The summed E-state index contributed by atoms with van der Waals surface area (Å²) >= 11 is 0. The maximum Gasteiger partial charge on any atom is 0.295 e. The molecule has 0 radical (unpaired) electrons. The Kier molecular flexibility index (Phi) is 7.64. The number of carbonyl (C=O) groups excluding carboxylic acids is 2. The minimum absolute atomic E-state index is 0.0603. The van der Waals surface area contributed by atoms with Crippen molar-refractivity contribution < 1.29 is 19.4 Å². The molecule has 0 spiro atoms. The van der Waals surface area contributed by atoms with Crippen LogP contribution in [0, 0.1) is 6.92 Å². The van der Waals surface area contributed by atoms with Crippen molar-refractivity contribution in [3.05, 3.63) is 131 Å². The second-order valence-electron chi connectivity index (χ2n) is 10.1. The van der Waals surface area contributed by atoms with Crippen molar-refractivity contribution in [2.75, 3.05) is 19.0 Å². The van der Waals surface area contributed by atoms with Crippen LogP contribution in [-0.4, -0.2) is 40.8 Å². The molecule has 7 heteroatoms. The molecular weight excluding hydrogens is 502 g/mol. The number of aliphatic hydroxyl groups is 1. The van der Waals surface area contributed by atoms with Gasteiger partial charge in [-0.3, -0.25) is 14.6 Å². The smallest absolute Gasteiger partial charge is 0.295 e. The minimum Gasteiger partial charge on any atom is -0.507 e. The van der Waals surface area contributed by atoms with Crippen LogP contribution in [0.25, 0.3) is 5.76 Å². The van der Waals surface area contributed by atoms with E-state index in [1.807, 2.05) is 68.4 Å². The molecule has 1 saturated heterocycles. The molecule has 4 aromatic rings. The van der Waals surface area contributed by atoms with Gasteiger partial charge in [-0.1, -0.05) is 42.0 Å². The third-order valence-corrected chi connectivity index (χ3v) is 6.98. The largest absolute Gasteiger partial charge is 0.507 e. The molecule has 0 aliphatic carbocycles. The molecule has 1 aliphatic rings. The molecule has 7 nitrogen and oxygen atoms in total. The van der Waals surface area contributed by atoms with Crippen LogP contribution < -0.4 is 9.64 Å². The van der Waals surface area contributed by atoms with E-state index in [0.717, 1.165) is 27.9 Å². The van der Waals surface area contributed by atoms with Gasteiger partial charge < -0.3 is 19.6 Å². The third-order valence-electron chi connectivity index (χ3n) is 6.98. The molecule has 202 valence electrons. The molecular formula is C33H31N3O4. The van der Waals surface area contributed by atoms with Crippen molar-refractivity contribution in [3.63, 3.8) is 0 Å². The highest BCUT2D eigenvalue weighted by Gasteiger charge is 2.46. The van der Waals surface area contributed by atoms with E-state index in [1.165, 1.54) is 4.90 Å². The topological polar surface area (TPSA) is 83.0 Å². The van der Waals surface area contributed by atoms with E-state index in [2.05, 4.69) is 11.1 Å². The molecule has 5 rings (SSSR count). The van der Waals surface area contributed by atoms with Gasteiger partial charge >= 0.3 is 0 Å². The van der Waals surface area contributed by atoms with E-state index >= 15 is 0 Å².